The van der Waals surface area contributed by atoms with Crippen molar-refractivity contribution < 1.29 is 8.42 Å². The Hall–Kier alpha value is -2.56. The second kappa shape index (κ2) is 6.31. The van der Waals surface area contributed by atoms with Crippen molar-refractivity contribution in [1.82, 2.24) is 3.97 Å². The molecule has 3 nitrogen and oxygen atoms in total. The van der Waals surface area contributed by atoms with E-state index in [0.717, 1.165) is 10.9 Å². The Kier molecular flexibility index (Phi) is 4.10. The van der Waals surface area contributed by atoms with E-state index in [1.807, 2.05) is 49.4 Å². The quantitative estimate of drug-likeness (QED) is 0.469. The maximum Gasteiger partial charge on any atom is 0.268 e. The van der Waals surface area contributed by atoms with E-state index in [1.54, 1.807) is 36.4 Å². The molecule has 0 atom stereocenters. The third kappa shape index (κ3) is 2.71. The number of aryl methyl sites for hydroxylation is 1. The van der Waals surface area contributed by atoms with Gasteiger partial charge in [-0.15, -0.1) is 0 Å². The molecule has 4 aromatic rings. The van der Waals surface area contributed by atoms with Gasteiger partial charge in [-0.3, -0.25) is 0 Å². The molecule has 0 amide bonds. The zero-order chi connectivity index (χ0) is 18.3. The number of benzene rings is 3. The molecule has 0 radical (unpaired) electrons. The van der Waals surface area contributed by atoms with Crippen LogP contribution in [0.1, 0.15) is 5.56 Å². The smallest absolute Gasteiger partial charge is 0.233 e. The topological polar surface area (TPSA) is 39.1 Å². The van der Waals surface area contributed by atoms with Crippen LogP contribution >= 0.6 is 11.6 Å². The van der Waals surface area contributed by atoms with Gasteiger partial charge >= 0.3 is 0 Å². The fraction of sp³-hybridized carbons (Fsp3) is 0.0476. The molecule has 0 bridgehead atoms. The molecule has 130 valence electrons. The Bertz CT molecular complexity index is 1210. The first kappa shape index (κ1) is 16.9. The lowest BCUT2D eigenvalue weighted by Crippen LogP contribution is -2.14. The van der Waals surface area contributed by atoms with Crippen LogP contribution in [0.4, 0.5) is 0 Å². The first-order valence-electron chi connectivity index (χ1n) is 8.16. The minimum absolute atomic E-state index is 0.248. The van der Waals surface area contributed by atoms with Gasteiger partial charge in [0.25, 0.3) is 10.0 Å². The van der Waals surface area contributed by atoms with Crippen molar-refractivity contribution in [3.05, 3.63) is 89.4 Å². The molecule has 0 spiro atoms. The molecule has 0 aliphatic rings. The molecule has 1 aromatic heterocycles. The molecular weight excluding hydrogens is 366 g/mol. The number of nitrogens with zero attached hydrogens (tertiary/aromatic N) is 1. The predicted octanol–water partition coefficient (Wildman–Crippen LogP) is 5.51. The van der Waals surface area contributed by atoms with Crippen molar-refractivity contribution in [3.8, 4) is 11.3 Å². The van der Waals surface area contributed by atoms with Crippen LogP contribution in [0.25, 0.3) is 22.2 Å². The van der Waals surface area contributed by atoms with Crippen LogP contribution in [0.5, 0.6) is 0 Å². The van der Waals surface area contributed by atoms with Crippen molar-refractivity contribution in [2.24, 2.45) is 0 Å². The summed E-state index contributed by atoms with van der Waals surface area (Å²) in [6.45, 7) is 1.93. The van der Waals surface area contributed by atoms with Crippen molar-refractivity contribution in [2.75, 3.05) is 0 Å². The van der Waals surface area contributed by atoms with Gasteiger partial charge < -0.3 is 0 Å². The largest absolute Gasteiger partial charge is 0.268 e. The molecule has 0 unspecified atom stereocenters. The molecule has 3 aromatic carbocycles. The van der Waals surface area contributed by atoms with Gasteiger partial charge in [0.1, 0.15) is 0 Å². The van der Waals surface area contributed by atoms with Gasteiger partial charge in [0.15, 0.2) is 0 Å². The highest BCUT2D eigenvalue weighted by atomic mass is 35.5. The number of hydrogen-bond donors (Lipinski definition) is 0. The number of aromatic nitrogens is 1. The van der Waals surface area contributed by atoms with Crippen molar-refractivity contribution in [1.29, 1.82) is 0 Å². The lowest BCUT2D eigenvalue weighted by atomic mass is 10.1. The second-order valence-electron chi connectivity index (χ2n) is 6.15. The van der Waals surface area contributed by atoms with Gasteiger partial charge in [-0.05, 0) is 37.3 Å². The van der Waals surface area contributed by atoms with Crippen LogP contribution in [-0.2, 0) is 10.0 Å². The van der Waals surface area contributed by atoms with E-state index in [1.165, 1.54) is 3.97 Å². The summed E-state index contributed by atoms with van der Waals surface area (Å²) in [6, 6.07) is 23.4. The van der Waals surface area contributed by atoms with E-state index in [4.69, 9.17) is 11.6 Å². The number of rotatable bonds is 3. The molecule has 26 heavy (non-hydrogen) atoms. The second-order valence-corrected chi connectivity index (χ2v) is 8.34. The summed E-state index contributed by atoms with van der Waals surface area (Å²) in [4.78, 5) is 0.248. The summed E-state index contributed by atoms with van der Waals surface area (Å²) >= 11 is 6.37. The van der Waals surface area contributed by atoms with Gasteiger partial charge in [-0.2, -0.15) is 0 Å². The van der Waals surface area contributed by atoms with E-state index in [9.17, 15) is 8.42 Å². The number of hydrogen-bond acceptors (Lipinski definition) is 2. The fourth-order valence-electron chi connectivity index (χ4n) is 3.06. The maximum absolute atomic E-state index is 13.4. The zero-order valence-corrected chi connectivity index (χ0v) is 15.6. The Morgan fingerprint density at radius 1 is 0.846 bits per heavy atom. The third-order valence-corrected chi connectivity index (χ3v) is 6.45. The maximum atomic E-state index is 13.4. The predicted molar refractivity (Wildman–Crippen MR) is 106 cm³/mol. The van der Waals surface area contributed by atoms with Crippen molar-refractivity contribution >= 4 is 32.5 Å². The molecular formula is C21H16ClNO2S. The number of fused-ring (bicyclic) bond motifs is 1. The first-order valence-corrected chi connectivity index (χ1v) is 9.98. The van der Waals surface area contributed by atoms with E-state index >= 15 is 0 Å². The van der Waals surface area contributed by atoms with Crippen molar-refractivity contribution in [3.63, 3.8) is 0 Å². The van der Waals surface area contributed by atoms with Crippen LogP contribution in [0.15, 0.2) is 83.8 Å². The highest BCUT2D eigenvalue weighted by Gasteiger charge is 2.24. The summed E-state index contributed by atoms with van der Waals surface area (Å²) < 4.78 is 28.3. The summed E-state index contributed by atoms with van der Waals surface area (Å²) in [6.07, 6.45) is 0. The molecule has 0 fully saturated rings. The highest BCUT2D eigenvalue weighted by molar-refractivity contribution is 7.90. The minimum atomic E-state index is -3.78. The minimum Gasteiger partial charge on any atom is -0.233 e. The Morgan fingerprint density at radius 2 is 1.50 bits per heavy atom. The molecule has 4 rings (SSSR count). The highest BCUT2D eigenvalue weighted by Crippen LogP contribution is 2.35. The van der Waals surface area contributed by atoms with Gasteiger partial charge in [-0.1, -0.05) is 65.7 Å². The molecule has 5 heteroatoms. The van der Waals surface area contributed by atoms with E-state index in [-0.39, 0.29) is 4.90 Å². The van der Waals surface area contributed by atoms with Gasteiger partial charge in [0, 0.05) is 16.0 Å². The molecule has 0 N–H and O–H groups in total. The molecule has 0 aliphatic heterocycles. The molecule has 0 aliphatic carbocycles. The SMILES string of the molecule is Cc1ccc(S(=O)(=O)n2c(-c3ccccc3Cl)cc3ccccc32)cc1. The summed E-state index contributed by atoms with van der Waals surface area (Å²) in [5.74, 6) is 0. The van der Waals surface area contributed by atoms with Crippen LogP contribution < -0.4 is 0 Å². The molecule has 0 saturated heterocycles. The average molecular weight is 382 g/mol. The zero-order valence-electron chi connectivity index (χ0n) is 14.1. The van der Waals surface area contributed by atoms with Crippen LogP contribution in [0.2, 0.25) is 5.02 Å². The lowest BCUT2D eigenvalue weighted by Gasteiger charge is -2.13. The van der Waals surface area contributed by atoms with E-state index < -0.39 is 10.0 Å². The summed E-state index contributed by atoms with van der Waals surface area (Å²) in [5, 5.41) is 1.36. The van der Waals surface area contributed by atoms with Crippen LogP contribution in [-0.4, -0.2) is 12.4 Å². The van der Waals surface area contributed by atoms with Crippen molar-refractivity contribution in [2.45, 2.75) is 11.8 Å². The van der Waals surface area contributed by atoms with Gasteiger partial charge in [0.05, 0.1) is 16.1 Å². The van der Waals surface area contributed by atoms with Crippen LogP contribution in [0, 0.1) is 6.92 Å². The summed E-state index contributed by atoms with van der Waals surface area (Å²) in [5.41, 5.74) is 2.87. The number of halogens is 1. The van der Waals surface area contributed by atoms with Gasteiger partial charge in [0.2, 0.25) is 0 Å². The van der Waals surface area contributed by atoms with Crippen LogP contribution in [0.3, 0.4) is 0 Å². The normalized spacial score (nSPS) is 11.8. The third-order valence-electron chi connectivity index (χ3n) is 4.38. The van der Waals surface area contributed by atoms with E-state index in [2.05, 4.69) is 0 Å². The first-order chi connectivity index (χ1) is 12.5. The number of para-hydroxylation sites is 1. The Balaban J connectivity index is 2.07. The fourth-order valence-corrected chi connectivity index (χ4v) is 4.82. The molecule has 0 saturated carbocycles. The standard InChI is InChI=1S/C21H16ClNO2S/c1-15-10-12-17(13-11-15)26(24,25)23-20-9-5-2-6-16(20)14-21(23)18-7-3-4-8-19(18)22/h2-14H,1H3. The summed E-state index contributed by atoms with van der Waals surface area (Å²) in [7, 11) is -3.78. The average Bonchev–Trinajstić information content (AvgIpc) is 3.02. The lowest BCUT2D eigenvalue weighted by molar-refractivity contribution is 0.589. The Morgan fingerprint density at radius 3 is 2.23 bits per heavy atom. The van der Waals surface area contributed by atoms with E-state index in [0.29, 0.717) is 21.8 Å². The van der Waals surface area contributed by atoms with Gasteiger partial charge in [-0.25, -0.2) is 12.4 Å². The molecule has 1 heterocycles. The monoisotopic (exact) mass is 381 g/mol. The Labute approximate surface area is 157 Å².